The number of sulfonamides is 1. The van der Waals surface area contributed by atoms with Crippen LogP contribution in [0.2, 0.25) is 0 Å². The fourth-order valence-electron chi connectivity index (χ4n) is 3.53. The van der Waals surface area contributed by atoms with Gasteiger partial charge >= 0.3 is 0 Å². The smallest absolute Gasteiger partial charge is 0.263 e. The standard InChI is InChI=1S/C21H26N2O4S/c1-5-17(16-11-10-14(2)12-15(16)3)22-21(24)20-13-23(28(4,25)26)18-8-6-7-9-19(18)27-20/h6-12,17,20H,5,13H2,1-4H3,(H,22,24)/t17-,20-/m1/s1. The number of rotatable bonds is 5. The van der Waals surface area contributed by atoms with Crippen LogP contribution in [-0.4, -0.2) is 33.2 Å². The molecule has 0 radical (unpaired) electrons. The molecule has 0 aliphatic carbocycles. The third kappa shape index (κ3) is 4.14. The van der Waals surface area contributed by atoms with Crippen molar-refractivity contribution in [1.29, 1.82) is 0 Å². The van der Waals surface area contributed by atoms with Crippen LogP contribution in [0.25, 0.3) is 0 Å². The molecule has 0 aromatic heterocycles. The molecule has 2 aromatic rings. The first kappa shape index (κ1) is 20.2. The van der Waals surface area contributed by atoms with E-state index in [1.807, 2.05) is 32.9 Å². The Kier molecular flexibility index (Phi) is 5.65. The SMILES string of the molecule is CC[C@@H](NC(=O)[C@H]1CN(S(C)(=O)=O)c2ccccc2O1)c1ccc(C)cc1C. The van der Waals surface area contributed by atoms with Crippen LogP contribution in [0.3, 0.4) is 0 Å². The zero-order chi connectivity index (χ0) is 20.5. The lowest BCUT2D eigenvalue weighted by Gasteiger charge is -2.34. The van der Waals surface area contributed by atoms with Crippen LogP contribution in [0.1, 0.15) is 36.1 Å². The van der Waals surface area contributed by atoms with Crippen molar-refractivity contribution in [3.8, 4) is 5.75 Å². The van der Waals surface area contributed by atoms with Crippen LogP contribution < -0.4 is 14.4 Å². The molecule has 1 aliphatic rings. The maximum absolute atomic E-state index is 12.9. The summed E-state index contributed by atoms with van der Waals surface area (Å²) >= 11 is 0. The number of hydrogen-bond donors (Lipinski definition) is 1. The molecule has 2 aromatic carbocycles. The van der Waals surface area contributed by atoms with Crippen LogP contribution in [0, 0.1) is 13.8 Å². The predicted octanol–water partition coefficient (Wildman–Crippen LogP) is 3.10. The molecule has 7 heteroatoms. The van der Waals surface area contributed by atoms with Gasteiger partial charge in [-0.15, -0.1) is 0 Å². The Balaban J connectivity index is 1.84. The molecular weight excluding hydrogens is 376 g/mol. The van der Waals surface area contributed by atoms with E-state index in [9.17, 15) is 13.2 Å². The number of carbonyl (C=O) groups is 1. The van der Waals surface area contributed by atoms with Gasteiger partial charge in [-0.25, -0.2) is 8.42 Å². The minimum Gasteiger partial charge on any atom is -0.476 e. The number of benzene rings is 2. The Hall–Kier alpha value is -2.54. The first-order valence-corrected chi connectivity index (χ1v) is 11.2. The lowest BCUT2D eigenvalue weighted by atomic mass is 9.97. The third-order valence-electron chi connectivity index (χ3n) is 4.95. The van der Waals surface area contributed by atoms with E-state index >= 15 is 0 Å². The van der Waals surface area contributed by atoms with Crippen LogP contribution in [0.15, 0.2) is 42.5 Å². The van der Waals surface area contributed by atoms with E-state index in [0.29, 0.717) is 11.4 Å². The number of aryl methyl sites for hydroxylation is 2. The molecule has 0 unspecified atom stereocenters. The van der Waals surface area contributed by atoms with Crippen molar-refractivity contribution in [1.82, 2.24) is 5.32 Å². The highest BCUT2D eigenvalue weighted by Gasteiger charge is 2.35. The Morgan fingerprint density at radius 1 is 1.25 bits per heavy atom. The van der Waals surface area contributed by atoms with Gasteiger partial charge in [0.1, 0.15) is 5.75 Å². The molecule has 2 atom stereocenters. The van der Waals surface area contributed by atoms with Gasteiger partial charge in [0, 0.05) is 0 Å². The fraction of sp³-hybridized carbons (Fsp3) is 0.381. The van der Waals surface area contributed by atoms with Crippen LogP contribution in [0.4, 0.5) is 5.69 Å². The second-order valence-corrected chi connectivity index (χ2v) is 9.10. The molecule has 0 spiro atoms. The number of nitrogens with zero attached hydrogens (tertiary/aromatic N) is 1. The Morgan fingerprint density at radius 3 is 2.61 bits per heavy atom. The average Bonchev–Trinajstić information content (AvgIpc) is 2.64. The minimum absolute atomic E-state index is 0.0506. The van der Waals surface area contributed by atoms with Crippen molar-refractivity contribution < 1.29 is 17.9 Å². The van der Waals surface area contributed by atoms with E-state index in [2.05, 4.69) is 11.4 Å². The van der Waals surface area contributed by atoms with Crippen molar-refractivity contribution in [2.24, 2.45) is 0 Å². The first-order chi connectivity index (χ1) is 13.2. The van der Waals surface area contributed by atoms with Crippen LogP contribution in [-0.2, 0) is 14.8 Å². The second-order valence-electron chi connectivity index (χ2n) is 7.20. The summed E-state index contributed by atoms with van der Waals surface area (Å²) in [5, 5.41) is 3.03. The average molecular weight is 403 g/mol. The van der Waals surface area contributed by atoms with E-state index in [-0.39, 0.29) is 18.5 Å². The number of carbonyl (C=O) groups excluding carboxylic acids is 1. The van der Waals surface area contributed by atoms with Gasteiger partial charge in [0.25, 0.3) is 5.91 Å². The van der Waals surface area contributed by atoms with Gasteiger partial charge in [0.15, 0.2) is 6.10 Å². The van der Waals surface area contributed by atoms with E-state index < -0.39 is 16.1 Å². The molecule has 1 amide bonds. The molecule has 28 heavy (non-hydrogen) atoms. The lowest BCUT2D eigenvalue weighted by molar-refractivity contribution is -0.128. The molecule has 0 fully saturated rings. The van der Waals surface area contributed by atoms with Gasteiger partial charge in [-0.1, -0.05) is 42.8 Å². The number of nitrogens with one attached hydrogen (secondary N) is 1. The maximum Gasteiger partial charge on any atom is 0.263 e. The van der Waals surface area contributed by atoms with E-state index in [4.69, 9.17) is 4.74 Å². The predicted molar refractivity (Wildman–Crippen MR) is 110 cm³/mol. The monoisotopic (exact) mass is 402 g/mol. The highest BCUT2D eigenvalue weighted by molar-refractivity contribution is 7.92. The van der Waals surface area contributed by atoms with E-state index in [1.165, 1.54) is 9.87 Å². The van der Waals surface area contributed by atoms with Gasteiger partial charge in [-0.3, -0.25) is 9.10 Å². The van der Waals surface area contributed by atoms with E-state index in [1.54, 1.807) is 24.3 Å². The number of fused-ring (bicyclic) bond motifs is 1. The Morgan fingerprint density at radius 2 is 1.96 bits per heavy atom. The number of amides is 1. The Labute approximate surface area is 166 Å². The second kappa shape index (κ2) is 7.83. The molecule has 0 saturated carbocycles. The summed E-state index contributed by atoms with van der Waals surface area (Å²) in [6.45, 7) is 6.01. The number of para-hydroxylation sites is 2. The molecule has 3 rings (SSSR count). The van der Waals surface area contributed by atoms with Gasteiger partial charge in [-0.2, -0.15) is 0 Å². The summed E-state index contributed by atoms with van der Waals surface area (Å²) < 4.78 is 31.5. The lowest BCUT2D eigenvalue weighted by Crippen LogP contribution is -2.51. The fourth-order valence-corrected chi connectivity index (χ4v) is 4.45. The number of hydrogen-bond acceptors (Lipinski definition) is 4. The zero-order valence-electron chi connectivity index (χ0n) is 16.6. The van der Waals surface area contributed by atoms with Gasteiger partial charge in [0.05, 0.1) is 24.5 Å². The Bertz CT molecular complexity index is 988. The van der Waals surface area contributed by atoms with Gasteiger partial charge in [0.2, 0.25) is 10.0 Å². The summed E-state index contributed by atoms with van der Waals surface area (Å²) in [7, 11) is -3.53. The van der Waals surface area contributed by atoms with Crippen molar-refractivity contribution in [3.63, 3.8) is 0 Å². The summed E-state index contributed by atoms with van der Waals surface area (Å²) in [4.78, 5) is 12.9. The third-order valence-corrected chi connectivity index (χ3v) is 6.10. The highest BCUT2D eigenvalue weighted by atomic mass is 32.2. The maximum atomic E-state index is 12.9. The van der Waals surface area contributed by atoms with Crippen molar-refractivity contribution in [3.05, 3.63) is 59.2 Å². The molecular formula is C21H26N2O4S. The summed E-state index contributed by atoms with van der Waals surface area (Å²) in [6.07, 6.45) is 0.938. The first-order valence-electron chi connectivity index (χ1n) is 9.31. The summed E-state index contributed by atoms with van der Waals surface area (Å²) in [6, 6.07) is 12.8. The summed E-state index contributed by atoms with van der Waals surface area (Å²) in [5.74, 6) is 0.0638. The van der Waals surface area contributed by atoms with Crippen LogP contribution >= 0.6 is 0 Å². The summed E-state index contributed by atoms with van der Waals surface area (Å²) in [5.41, 5.74) is 3.78. The molecule has 0 saturated heterocycles. The van der Waals surface area contributed by atoms with Crippen molar-refractivity contribution in [2.45, 2.75) is 39.3 Å². The topological polar surface area (TPSA) is 75.7 Å². The van der Waals surface area contributed by atoms with Crippen LogP contribution in [0.5, 0.6) is 5.75 Å². The highest BCUT2D eigenvalue weighted by Crippen LogP contribution is 2.34. The van der Waals surface area contributed by atoms with Gasteiger partial charge in [-0.05, 0) is 43.5 Å². The van der Waals surface area contributed by atoms with E-state index in [0.717, 1.165) is 23.8 Å². The van der Waals surface area contributed by atoms with Crippen molar-refractivity contribution in [2.75, 3.05) is 17.1 Å². The number of anilines is 1. The molecule has 150 valence electrons. The normalized spacial score (nSPS) is 17.4. The van der Waals surface area contributed by atoms with Crippen molar-refractivity contribution >= 4 is 21.6 Å². The number of ether oxygens (including phenoxy) is 1. The molecule has 1 aliphatic heterocycles. The van der Waals surface area contributed by atoms with Gasteiger partial charge < -0.3 is 10.1 Å². The molecule has 0 bridgehead atoms. The molecule has 6 nitrogen and oxygen atoms in total. The zero-order valence-corrected chi connectivity index (χ0v) is 17.4. The molecule has 1 N–H and O–H groups in total. The molecule has 1 heterocycles. The largest absolute Gasteiger partial charge is 0.476 e. The quantitative estimate of drug-likeness (QED) is 0.834. The minimum atomic E-state index is -3.53.